The van der Waals surface area contributed by atoms with Gasteiger partial charge in [0, 0.05) is 25.2 Å². The van der Waals surface area contributed by atoms with E-state index < -0.39 is 34.3 Å². The molecule has 2 aromatic carbocycles. The van der Waals surface area contributed by atoms with Crippen LogP contribution in [0.3, 0.4) is 0 Å². The molecule has 1 aliphatic rings. The summed E-state index contributed by atoms with van der Waals surface area (Å²) in [6.45, 7) is 0.619. The van der Waals surface area contributed by atoms with Crippen LogP contribution >= 0.6 is 0 Å². The number of hydrogen-bond donors (Lipinski definition) is 1. The fourth-order valence-electron chi connectivity index (χ4n) is 3.49. The number of benzene rings is 2. The third kappa shape index (κ3) is 6.86. The second-order valence-corrected chi connectivity index (χ2v) is 9.62. The highest BCUT2D eigenvalue weighted by molar-refractivity contribution is 7.89. The lowest BCUT2D eigenvalue weighted by atomic mass is 10.1. The molecule has 0 spiro atoms. The highest BCUT2D eigenvalue weighted by Gasteiger charge is 2.24. The van der Waals surface area contributed by atoms with Crippen LogP contribution in [-0.4, -0.2) is 44.3 Å². The number of aryl methyl sites for hydroxylation is 1. The number of halogens is 1. The first-order valence-corrected chi connectivity index (χ1v) is 12.1. The van der Waals surface area contributed by atoms with Crippen molar-refractivity contribution >= 4 is 27.6 Å². The molecule has 1 N–H and O–H groups in total. The lowest BCUT2D eigenvalue weighted by Gasteiger charge is -2.20. The summed E-state index contributed by atoms with van der Waals surface area (Å²) in [7, 11) is -3.51. The molecular formula is C23H27FN2O5S. The van der Waals surface area contributed by atoms with E-state index in [4.69, 9.17) is 4.74 Å². The minimum Gasteiger partial charge on any atom is -0.456 e. The smallest absolute Gasteiger partial charge is 0.306 e. The topological polar surface area (TPSA) is 92.8 Å². The third-order valence-electron chi connectivity index (χ3n) is 5.22. The van der Waals surface area contributed by atoms with Crippen LogP contribution in [0.1, 0.15) is 37.7 Å². The van der Waals surface area contributed by atoms with Gasteiger partial charge in [0.2, 0.25) is 10.0 Å². The van der Waals surface area contributed by atoms with E-state index in [2.05, 4.69) is 5.32 Å². The molecule has 1 amide bonds. The average Bonchev–Trinajstić information content (AvgIpc) is 3.07. The minimum absolute atomic E-state index is 0.0471. The Kier molecular flexibility index (Phi) is 8.35. The Morgan fingerprint density at radius 1 is 1.00 bits per heavy atom. The monoisotopic (exact) mass is 462 g/mol. The molecule has 1 saturated heterocycles. The van der Waals surface area contributed by atoms with Crippen LogP contribution in [-0.2, 0) is 30.8 Å². The Morgan fingerprint density at radius 3 is 2.34 bits per heavy atom. The van der Waals surface area contributed by atoms with E-state index in [0.29, 0.717) is 19.5 Å². The largest absolute Gasteiger partial charge is 0.456 e. The molecule has 0 aromatic heterocycles. The van der Waals surface area contributed by atoms with Gasteiger partial charge < -0.3 is 10.1 Å². The van der Waals surface area contributed by atoms with Crippen molar-refractivity contribution in [1.82, 2.24) is 4.31 Å². The molecule has 32 heavy (non-hydrogen) atoms. The van der Waals surface area contributed by atoms with Gasteiger partial charge in [0.1, 0.15) is 5.82 Å². The molecule has 0 radical (unpaired) electrons. The normalized spacial score (nSPS) is 15.0. The van der Waals surface area contributed by atoms with Crippen LogP contribution in [0.2, 0.25) is 0 Å². The zero-order valence-electron chi connectivity index (χ0n) is 17.8. The van der Waals surface area contributed by atoms with Crippen molar-refractivity contribution < 1.29 is 27.1 Å². The molecule has 0 bridgehead atoms. The Labute approximate surface area is 187 Å². The van der Waals surface area contributed by atoms with Crippen LogP contribution < -0.4 is 5.32 Å². The molecule has 0 saturated carbocycles. The fraction of sp³-hybridized carbons (Fsp3) is 0.391. The maximum atomic E-state index is 13.1. The maximum Gasteiger partial charge on any atom is 0.306 e. The molecular weight excluding hydrogens is 435 g/mol. The highest BCUT2D eigenvalue weighted by atomic mass is 32.2. The molecule has 1 aliphatic heterocycles. The molecule has 1 fully saturated rings. The summed E-state index contributed by atoms with van der Waals surface area (Å²) in [5, 5.41) is 2.45. The molecule has 172 valence electrons. The average molecular weight is 463 g/mol. The van der Waals surface area contributed by atoms with Crippen LogP contribution in [0, 0.1) is 5.82 Å². The van der Waals surface area contributed by atoms with E-state index in [1.54, 1.807) is 28.6 Å². The minimum atomic E-state index is -3.51. The van der Waals surface area contributed by atoms with Gasteiger partial charge in [-0.05, 0) is 55.2 Å². The number of nitrogens with zero attached hydrogens (tertiary/aromatic N) is 1. The highest BCUT2D eigenvalue weighted by Crippen LogP contribution is 2.21. The number of rotatable bonds is 8. The van der Waals surface area contributed by atoms with Gasteiger partial charge >= 0.3 is 5.97 Å². The van der Waals surface area contributed by atoms with E-state index >= 15 is 0 Å². The van der Waals surface area contributed by atoms with E-state index in [9.17, 15) is 22.4 Å². The molecule has 3 rings (SSSR count). The second-order valence-electron chi connectivity index (χ2n) is 7.68. The summed E-state index contributed by atoms with van der Waals surface area (Å²) in [6, 6.07) is 11.9. The zero-order valence-corrected chi connectivity index (χ0v) is 18.6. The number of carbonyl (C=O) groups is 2. The van der Waals surface area contributed by atoms with Gasteiger partial charge in [-0.25, -0.2) is 12.8 Å². The first-order chi connectivity index (χ1) is 15.3. The summed E-state index contributed by atoms with van der Waals surface area (Å²) in [5.41, 5.74) is 1.07. The van der Waals surface area contributed by atoms with Gasteiger partial charge in [-0.15, -0.1) is 0 Å². The molecule has 0 aliphatic carbocycles. The lowest BCUT2D eigenvalue weighted by molar-refractivity contribution is -0.147. The standard InChI is InChI=1S/C23H27FN2O5S/c24-19-6-5-7-20(16-19)25-22(27)17-31-23(28)13-10-18-8-11-21(12-9-18)32(29,30)26-14-3-1-2-4-15-26/h5-9,11-12,16H,1-4,10,13-15,17H2,(H,25,27). The maximum absolute atomic E-state index is 13.1. The molecule has 9 heteroatoms. The quantitative estimate of drug-likeness (QED) is 0.606. The number of hydrogen-bond acceptors (Lipinski definition) is 5. The molecule has 2 aromatic rings. The van der Waals surface area contributed by atoms with Crippen molar-refractivity contribution in [3.05, 3.63) is 59.9 Å². The number of amides is 1. The number of ether oxygens (including phenoxy) is 1. The summed E-state index contributed by atoms with van der Waals surface area (Å²) >= 11 is 0. The number of nitrogens with one attached hydrogen (secondary N) is 1. The van der Waals surface area contributed by atoms with E-state index in [1.807, 2.05) is 0 Å². The zero-order chi connectivity index (χ0) is 23.0. The van der Waals surface area contributed by atoms with Crippen LogP contribution in [0.25, 0.3) is 0 Å². The van der Waals surface area contributed by atoms with Crippen molar-refractivity contribution in [3.63, 3.8) is 0 Å². The lowest BCUT2D eigenvalue weighted by Crippen LogP contribution is -2.31. The first-order valence-electron chi connectivity index (χ1n) is 10.6. The SMILES string of the molecule is O=C(COC(=O)CCc1ccc(S(=O)(=O)N2CCCCCC2)cc1)Nc1cccc(F)c1. The predicted molar refractivity (Wildman–Crippen MR) is 118 cm³/mol. The van der Waals surface area contributed by atoms with Crippen molar-refractivity contribution in [2.75, 3.05) is 25.0 Å². The molecule has 0 atom stereocenters. The third-order valence-corrected chi connectivity index (χ3v) is 7.13. The number of anilines is 1. The summed E-state index contributed by atoms with van der Waals surface area (Å²) < 4.78 is 45.2. The fourth-order valence-corrected chi connectivity index (χ4v) is 5.00. The van der Waals surface area contributed by atoms with Crippen LogP contribution in [0.5, 0.6) is 0 Å². The Bertz CT molecular complexity index is 1030. The molecule has 0 unspecified atom stereocenters. The number of esters is 1. The molecule has 1 heterocycles. The van der Waals surface area contributed by atoms with Gasteiger partial charge in [-0.2, -0.15) is 4.31 Å². The van der Waals surface area contributed by atoms with Gasteiger partial charge in [-0.3, -0.25) is 9.59 Å². The van der Waals surface area contributed by atoms with Crippen molar-refractivity contribution in [1.29, 1.82) is 0 Å². The van der Waals surface area contributed by atoms with Crippen molar-refractivity contribution in [2.45, 2.75) is 43.4 Å². The summed E-state index contributed by atoms with van der Waals surface area (Å²) in [5.74, 6) is -1.60. The number of sulfonamides is 1. The molecule has 7 nitrogen and oxygen atoms in total. The van der Waals surface area contributed by atoms with Crippen LogP contribution in [0.4, 0.5) is 10.1 Å². The Hall–Kier alpha value is -2.78. The van der Waals surface area contributed by atoms with Gasteiger partial charge in [-0.1, -0.05) is 31.0 Å². The summed E-state index contributed by atoms with van der Waals surface area (Å²) in [4.78, 5) is 24.0. The second kappa shape index (κ2) is 11.2. The van der Waals surface area contributed by atoms with Crippen molar-refractivity contribution in [3.8, 4) is 0 Å². The van der Waals surface area contributed by atoms with Crippen molar-refractivity contribution in [2.24, 2.45) is 0 Å². The van der Waals surface area contributed by atoms with Gasteiger partial charge in [0.05, 0.1) is 4.90 Å². The van der Waals surface area contributed by atoms with E-state index in [1.165, 1.54) is 18.2 Å². The van der Waals surface area contributed by atoms with Gasteiger partial charge in [0.25, 0.3) is 5.91 Å². The first kappa shape index (κ1) is 23.9. The number of carbonyl (C=O) groups excluding carboxylic acids is 2. The summed E-state index contributed by atoms with van der Waals surface area (Å²) in [6.07, 6.45) is 4.25. The Morgan fingerprint density at radius 2 is 1.69 bits per heavy atom. The van der Waals surface area contributed by atoms with E-state index in [-0.39, 0.29) is 17.0 Å². The van der Waals surface area contributed by atoms with Gasteiger partial charge in [0.15, 0.2) is 6.61 Å². The predicted octanol–water partition coefficient (Wildman–Crippen LogP) is 3.50. The Balaban J connectivity index is 1.45. The van der Waals surface area contributed by atoms with Crippen LogP contribution in [0.15, 0.2) is 53.4 Å². The van der Waals surface area contributed by atoms with E-state index in [0.717, 1.165) is 37.3 Å².